The Balaban J connectivity index is 1.51. The van der Waals surface area contributed by atoms with Crippen molar-refractivity contribution in [3.05, 3.63) is 59.7 Å². The monoisotopic (exact) mass is 473 g/mol. The molecule has 1 fully saturated rings. The fourth-order valence-electron chi connectivity index (χ4n) is 3.76. The fourth-order valence-corrected chi connectivity index (χ4v) is 4.88. The maximum Gasteiger partial charge on any atom is 0.254 e. The molecule has 0 unspecified atom stereocenters. The van der Waals surface area contributed by atoms with Gasteiger partial charge in [-0.3, -0.25) is 14.3 Å². The molecule has 1 heterocycles. The molecule has 33 heavy (non-hydrogen) atoms. The normalized spacial score (nSPS) is 14.1. The third kappa shape index (κ3) is 6.95. The molecule has 0 aromatic heterocycles. The summed E-state index contributed by atoms with van der Waals surface area (Å²) in [6.45, 7) is 3.65. The van der Waals surface area contributed by atoms with Crippen molar-refractivity contribution in [1.82, 2.24) is 9.80 Å². The highest BCUT2D eigenvalue weighted by Gasteiger charge is 2.25. The summed E-state index contributed by atoms with van der Waals surface area (Å²) in [5, 5.41) is 0. The second-order valence-corrected chi connectivity index (χ2v) is 9.86. The molecule has 0 bridgehead atoms. The minimum absolute atomic E-state index is 0.0274. The van der Waals surface area contributed by atoms with Gasteiger partial charge in [0.25, 0.3) is 5.91 Å². The number of hydrogen-bond donors (Lipinski definition) is 1. The lowest BCUT2D eigenvalue weighted by Crippen LogP contribution is -2.50. The standard InChI is InChI=1S/C24H31N3O5S/c1-3-17-33(30,31)25-21-6-4-5-20(18-21)24(29)27-15-13-26(14-16-27)23(28)12-9-19-7-10-22(32-2)11-8-19/h4-8,10-11,18,25H,3,9,12-17H2,1-2H3. The van der Waals surface area contributed by atoms with Crippen molar-refractivity contribution in [2.24, 2.45) is 0 Å². The Labute approximate surface area is 195 Å². The number of carbonyl (C=O) groups is 2. The number of carbonyl (C=O) groups excluding carboxylic acids is 2. The van der Waals surface area contributed by atoms with Crippen molar-refractivity contribution in [2.45, 2.75) is 26.2 Å². The maximum atomic E-state index is 12.9. The molecule has 0 aliphatic carbocycles. The van der Waals surface area contributed by atoms with Gasteiger partial charge >= 0.3 is 0 Å². The van der Waals surface area contributed by atoms with Crippen LogP contribution in [0.1, 0.15) is 35.7 Å². The second kappa shape index (κ2) is 11.2. The van der Waals surface area contributed by atoms with Gasteiger partial charge in [0.05, 0.1) is 12.9 Å². The topological polar surface area (TPSA) is 96.0 Å². The first kappa shape index (κ1) is 24.6. The van der Waals surface area contributed by atoms with Gasteiger partial charge in [-0.2, -0.15) is 0 Å². The molecule has 1 saturated heterocycles. The molecule has 1 N–H and O–H groups in total. The lowest BCUT2D eigenvalue weighted by Gasteiger charge is -2.35. The maximum absolute atomic E-state index is 12.9. The quantitative estimate of drug-likeness (QED) is 0.604. The van der Waals surface area contributed by atoms with E-state index in [4.69, 9.17) is 4.74 Å². The van der Waals surface area contributed by atoms with E-state index in [1.807, 2.05) is 24.3 Å². The van der Waals surface area contributed by atoms with Gasteiger partial charge in [0.1, 0.15) is 5.75 Å². The number of hydrogen-bond acceptors (Lipinski definition) is 5. The first-order chi connectivity index (χ1) is 15.8. The van der Waals surface area contributed by atoms with Crippen LogP contribution in [0.2, 0.25) is 0 Å². The van der Waals surface area contributed by atoms with Crippen molar-refractivity contribution in [3.63, 3.8) is 0 Å². The van der Waals surface area contributed by atoms with Gasteiger partial charge in [-0.15, -0.1) is 0 Å². The average molecular weight is 474 g/mol. The SMILES string of the molecule is CCCS(=O)(=O)Nc1cccc(C(=O)N2CCN(C(=O)CCc3ccc(OC)cc3)CC2)c1. The molecule has 2 aromatic rings. The fraction of sp³-hybridized carbons (Fsp3) is 0.417. The Morgan fingerprint density at radius 1 is 1.00 bits per heavy atom. The molecule has 1 aliphatic rings. The first-order valence-corrected chi connectivity index (χ1v) is 12.8. The van der Waals surface area contributed by atoms with Crippen LogP contribution in [0.4, 0.5) is 5.69 Å². The van der Waals surface area contributed by atoms with Crippen LogP contribution in [-0.4, -0.2) is 69.1 Å². The molecule has 0 saturated carbocycles. The van der Waals surface area contributed by atoms with Crippen LogP contribution in [0.25, 0.3) is 0 Å². The summed E-state index contributed by atoms with van der Waals surface area (Å²) in [5.74, 6) is 0.719. The predicted molar refractivity (Wildman–Crippen MR) is 128 cm³/mol. The number of methoxy groups -OCH3 is 1. The second-order valence-electron chi connectivity index (χ2n) is 8.02. The lowest BCUT2D eigenvalue weighted by molar-refractivity contribution is -0.132. The van der Waals surface area contributed by atoms with Crippen molar-refractivity contribution >= 4 is 27.5 Å². The van der Waals surface area contributed by atoms with Crippen LogP contribution in [0, 0.1) is 0 Å². The van der Waals surface area contributed by atoms with Crippen molar-refractivity contribution in [3.8, 4) is 5.75 Å². The Bertz CT molecular complexity index is 1060. The van der Waals surface area contributed by atoms with Gasteiger partial charge in [-0.25, -0.2) is 8.42 Å². The number of amides is 2. The van der Waals surface area contributed by atoms with Crippen molar-refractivity contribution in [1.29, 1.82) is 0 Å². The summed E-state index contributed by atoms with van der Waals surface area (Å²) in [4.78, 5) is 29.0. The minimum Gasteiger partial charge on any atom is -0.497 e. The Morgan fingerprint density at radius 3 is 2.30 bits per heavy atom. The predicted octanol–water partition coefficient (Wildman–Crippen LogP) is 2.76. The van der Waals surface area contributed by atoms with Crippen LogP contribution >= 0.6 is 0 Å². The number of aryl methyl sites for hydroxylation is 1. The van der Waals surface area contributed by atoms with Gasteiger partial charge in [0, 0.05) is 43.9 Å². The zero-order valence-electron chi connectivity index (χ0n) is 19.1. The van der Waals surface area contributed by atoms with E-state index < -0.39 is 10.0 Å². The molecule has 2 amide bonds. The summed E-state index contributed by atoms with van der Waals surface area (Å²) < 4.78 is 31.7. The van der Waals surface area contributed by atoms with E-state index >= 15 is 0 Å². The van der Waals surface area contributed by atoms with E-state index in [9.17, 15) is 18.0 Å². The molecule has 9 heteroatoms. The third-order valence-corrected chi connectivity index (χ3v) is 7.05. The number of anilines is 1. The molecular weight excluding hydrogens is 442 g/mol. The Morgan fingerprint density at radius 2 is 1.67 bits per heavy atom. The van der Waals surface area contributed by atoms with Gasteiger partial charge in [0.15, 0.2) is 0 Å². The molecule has 178 valence electrons. The number of nitrogens with zero attached hydrogens (tertiary/aromatic N) is 2. The molecule has 0 atom stereocenters. The zero-order chi connectivity index (χ0) is 23.8. The van der Waals surface area contributed by atoms with E-state index in [1.165, 1.54) is 0 Å². The molecule has 2 aromatic carbocycles. The smallest absolute Gasteiger partial charge is 0.254 e. The minimum atomic E-state index is -3.42. The van der Waals surface area contributed by atoms with E-state index in [0.717, 1.165) is 11.3 Å². The molecular formula is C24H31N3O5S. The number of nitrogens with one attached hydrogen (secondary N) is 1. The molecule has 0 radical (unpaired) electrons. The van der Waals surface area contributed by atoms with Gasteiger partial charge in [-0.1, -0.05) is 25.1 Å². The number of benzene rings is 2. The van der Waals surface area contributed by atoms with Gasteiger partial charge in [-0.05, 0) is 48.7 Å². The number of piperazine rings is 1. The van der Waals surface area contributed by atoms with Gasteiger partial charge in [0.2, 0.25) is 15.9 Å². The first-order valence-electron chi connectivity index (χ1n) is 11.1. The largest absolute Gasteiger partial charge is 0.497 e. The summed E-state index contributed by atoms with van der Waals surface area (Å²) in [5.41, 5.74) is 1.88. The molecule has 0 spiro atoms. The molecule has 1 aliphatic heterocycles. The highest BCUT2D eigenvalue weighted by Crippen LogP contribution is 2.17. The van der Waals surface area contributed by atoms with Crippen LogP contribution in [0.5, 0.6) is 5.75 Å². The summed E-state index contributed by atoms with van der Waals surface area (Å²) in [6, 6.07) is 14.2. The number of ether oxygens (including phenoxy) is 1. The van der Waals surface area contributed by atoms with Crippen LogP contribution < -0.4 is 9.46 Å². The average Bonchev–Trinajstić information content (AvgIpc) is 2.82. The third-order valence-electron chi connectivity index (χ3n) is 5.56. The van der Waals surface area contributed by atoms with Crippen molar-refractivity contribution in [2.75, 3.05) is 43.8 Å². The number of sulfonamides is 1. The summed E-state index contributed by atoms with van der Waals surface area (Å²) >= 11 is 0. The molecule has 8 nitrogen and oxygen atoms in total. The van der Waals surface area contributed by atoms with E-state index in [0.29, 0.717) is 56.7 Å². The van der Waals surface area contributed by atoms with Gasteiger partial charge < -0.3 is 14.5 Å². The van der Waals surface area contributed by atoms with Crippen LogP contribution in [0.15, 0.2) is 48.5 Å². The Kier molecular flexibility index (Phi) is 8.32. The lowest BCUT2D eigenvalue weighted by atomic mass is 10.1. The van der Waals surface area contributed by atoms with E-state index in [2.05, 4.69) is 4.72 Å². The van der Waals surface area contributed by atoms with Crippen molar-refractivity contribution < 1.29 is 22.7 Å². The highest BCUT2D eigenvalue weighted by atomic mass is 32.2. The summed E-state index contributed by atoms with van der Waals surface area (Å²) in [6.07, 6.45) is 1.58. The van der Waals surface area contributed by atoms with Crippen LogP contribution in [-0.2, 0) is 21.2 Å². The zero-order valence-corrected chi connectivity index (χ0v) is 19.9. The highest BCUT2D eigenvalue weighted by molar-refractivity contribution is 7.92. The van der Waals surface area contributed by atoms with E-state index in [-0.39, 0.29) is 17.6 Å². The van der Waals surface area contributed by atoms with Crippen LogP contribution in [0.3, 0.4) is 0 Å². The molecule has 3 rings (SSSR count). The summed E-state index contributed by atoms with van der Waals surface area (Å²) in [7, 11) is -1.80. The number of rotatable bonds is 9. The Hall–Kier alpha value is -3.07. The van der Waals surface area contributed by atoms with E-state index in [1.54, 1.807) is 48.1 Å².